The lowest BCUT2D eigenvalue weighted by Gasteiger charge is -2.21. The van der Waals surface area contributed by atoms with Crippen molar-refractivity contribution >= 4 is 21.9 Å². The van der Waals surface area contributed by atoms with Gasteiger partial charge in [0.2, 0.25) is 10.9 Å². The molecule has 2 rings (SSSR count). The van der Waals surface area contributed by atoms with Crippen LogP contribution in [0.25, 0.3) is 0 Å². The third-order valence-electron chi connectivity index (χ3n) is 3.43. The SMILES string of the molecule is CNC(=O)C1CCCN1S(=O)(=O)c1n[nH]c(C)c1C(=O)O. The number of carbonyl (C=O) groups is 2. The Morgan fingerprint density at radius 3 is 2.71 bits per heavy atom. The minimum atomic E-state index is -4.15. The summed E-state index contributed by atoms with van der Waals surface area (Å²) in [7, 11) is -2.73. The van der Waals surface area contributed by atoms with Crippen molar-refractivity contribution in [3.8, 4) is 0 Å². The Hall–Kier alpha value is -1.94. The molecule has 1 unspecified atom stereocenters. The van der Waals surface area contributed by atoms with Crippen molar-refractivity contribution in [1.29, 1.82) is 0 Å². The minimum Gasteiger partial charge on any atom is -0.478 e. The van der Waals surface area contributed by atoms with E-state index in [0.717, 1.165) is 4.31 Å². The van der Waals surface area contributed by atoms with Crippen molar-refractivity contribution in [2.75, 3.05) is 13.6 Å². The standard InChI is InChI=1S/C11H16N4O5S/c1-6-8(11(17)18)10(14-13-6)21(19,20)15-5-3-4-7(15)9(16)12-2/h7H,3-5H2,1-2H3,(H,12,16)(H,13,14)(H,17,18). The Kier molecular flexibility index (Phi) is 4.01. The largest absolute Gasteiger partial charge is 0.478 e. The van der Waals surface area contributed by atoms with E-state index in [0.29, 0.717) is 12.8 Å². The molecular formula is C11H16N4O5S. The number of aromatic nitrogens is 2. The summed E-state index contributed by atoms with van der Waals surface area (Å²) < 4.78 is 26.2. The Labute approximate surface area is 121 Å². The maximum atomic E-state index is 12.6. The van der Waals surface area contributed by atoms with Gasteiger partial charge in [0.1, 0.15) is 11.6 Å². The van der Waals surface area contributed by atoms with Crippen LogP contribution in [-0.4, -0.2) is 59.5 Å². The van der Waals surface area contributed by atoms with Crippen LogP contribution in [-0.2, 0) is 14.8 Å². The van der Waals surface area contributed by atoms with E-state index in [-0.39, 0.29) is 12.2 Å². The predicted molar refractivity (Wildman–Crippen MR) is 71.3 cm³/mol. The maximum Gasteiger partial charge on any atom is 0.340 e. The summed E-state index contributed by atoms with van der Waals surface area (Å²) in [5.74, 6) is -1.80. The van der Waals surface area contributed by atoms with Crippen molar-refractivity contribution in [3.05, 3.63) is 11.3 Å². The molecule has 1 fully saturated rings. The zero-order chi connectivity index (χ0) is 15.8. The molecule has 0 aliphatic carbocycles. The third kappa shape index (κ3) is 2.51. The molecule has 9 nitrogen and oxygen atoms in total. The van der Waals surface area contributed by atoms with E-state index < -0.39 is 38.5 Å². The first kappa shape index (κ1) is 15.4. The Bertz CT molecular complexity index is 681. The molecule has 1 atom stereocenters. The number of hydrogen-bond donors (Lipinski definition) is 3. The van der Waals surface area contributed by atoms with Crippen LogP contribution in [0.2, 0.25) is 0 Å². The summed E-state index contributed by atoms with van der Waals surface area (Å²) in [6.45, 7) is 1.58. The first-order valence-electron chi connectivity index (χ1n) is 6.32. The fraction of sp³-hybridized carbons (Fsp3) is 0.545. The first-order valence-corrected chi connectivity index (χ1v) is 7.76. The number of aromatic carboxylic acids is 1. The normalized spacial score (nSPS) is 19.6. The number of hydrogen-bond acceptors (Lipinski definition) is 5. The maximum absolute atomic E-state index is 12.6. The molecule has 1 amide bonds. The molecule has 0 spiro atoms. The quantitative estimate of drug-likeness (QED) is 0.674. The van der Waals surface area contributed by atoms with Gasteiger partial charge in [-0.15, -0.1) is 0 Å². The van der Waals surface area contributed by atoms with Crippen molar-refractivity contribution in [2.45, 2.75) is 30.8 Å². The van der Waals surface area contributed by atoms with E-state index in [9.17, 15) is 18.0 Å². The number of nitrogens with one attached hydrogen (secondary N) is 2. The highest BCUT2D eigenvalue weighted by Crippen LogP contribution is 2.27. The van der Waals surface area contributed by atoms with Gasteiger partial charge in [-0.05, 0) is 19.8 Å². The van der Waals surface area contributed by atoms with Gasteiger partial charge >= 0.3 is 5.97 Å². The second-order valence-electron chi connectivity index (χ2n) is 4.72. The molecule has 1 aromatic heterocycles. The minimum absolute atomic E-state index is 0.150. The lowest BCUT2D eigenvalue weighted by Crippen LogP contribution is -2.45. The van der Waals surface area contributed by atoms with Gasteiger partial charge in [-0.3, -0.25) is 9.89 Å². The monoisotopic (exact) mass is 316 g/mol. The molecule has 0 radical (unpaired) electrons. The Morgan fingerprint density at radius 2 is 2.14 bits per heavy atom. The van der Waals surface area contributed by atoms with Gasteiger partial charge in [0.15, 0.2) is 0 Å². The summed E-state index contributed by atoms with van der Waals surface area (Å²) in [5, 5.41) is 17.0. The molecule has 21 heavy (non-hydrogen) atoms. The summed E-state index contributed by atoms with van der Waals surface area (Å²) in [4.78, 5) is 23.0. The number of H-pyrrole nitrogens is 1. The Balaban J connectivity index is 2.48. The van der Waals surface area contributed by atoms with E-state index >= 15 is 0 Å². The van der Waals surface area contributed by atoms with Crippen LogP contribution in [0.4, 0.5) is 0 Å². The van der Waals surface area contributed by atoms with Crippen LogP contribution < -0.4 is 5.32 Å². The molecule has 116 valence electrons. The molecule has 1 aliphatic rings. The molecule has 10 heteroatoms. The lowest BCUT2D eigenvalue weighted by molar-refractivity contribution is -0.123. The highest BCUT2D eigenvalue weighted by atomic mass is 32.2. The van der Waals surface area contributed by atoms with Gasteiger partial charge < -0.3 is 10.4 Å². The van der Waals surface area contributed by atoms with Gasteiger partial charge in [-0.25, -0.2) is 13.2 Å². The molecule has 0 bridgehead atoms. The predicted octanol–water partition coefficient (Wildman–Crippen LogP) is -0.685. The number of amides is 1. The average Bonchev–Trinajstić information content (AvgIpc) is 3.04. The van der Waals surface area contributed by atoms with Crippen LogP contribution in [0, 0.1) is 6.92 Å². The molecule has 3 N–H and O–H groups in total. The van der Waals surface area contributed by atoms with Crippen LogP contribution in [0.1, 0.15) is 28.9 Å². The summed E-state index contributed by atoms with van der Waals surface area (Å²) in [6, 6.07) is -0.835. The van der Waals surface area contributed by atoms with Gasteiger partial charge in [0.25, 0.3) is 10.0 Å². The smallest absolute Gasteiger partial charge is 0.340 e. The topological polar surface area (TPSA) is 132 Å². The number of sulfonamides is 1. The van der Waals surface area contributed by atoms with Crippen LogP contribution in [0.15, 0.2) is 5.03 Å². The van der Waals surface area contributed by atoms with E-state index in [4.69, 9.17) is 5.11 Å². The number of likely N-dealkylation sites (N-methyl/N-ethyl adjacent to an activating group) is 1. The summed E-state index contributed by atoms with van der Waals surface area (Å²) in [6.07, 6.45) is 0.924. The van der Waals surface area contributed by atoms with Crippen molar-refractivity contribution in [3.63, 3.8) is 0 Å². The number of rotatable bonds is 4. The number of nitrogens with zero attached hydrogens (tertiary/aromatic N) is 2. The van der Waals surface area contributed by atoms with E-state index in [1.54, 1.807) is 0 Å². The highest BCUT2D eigenvalue weighted by Gasteiger charge is 2.42. The van der Waals surface area contributed by atoms with Crippen molar-refractivity contribution < 1.29 is 23.1 Å². The zero-order valence-corrected chi connectivity index (χ0v) is 12.4. The fourth-order valence-electron chi connectivity index (χ4n) is 2.41. The van der Waals surface area contributed by atoms with Crippen LogP contribution >= 0.6 is 0 Å². The van der Waals surface area contributed by atoms with Gasteiger partial charge in [0.05, 0.1) is 0 Å². The second-order valence-corrected chi connectivity index (χ2v) is 6.53. The van der Waals surface area contributed by atoms with Gasteiger partial charge in [-0.2, -0.15) is 9.40 Å². The Morgan fingerprint density at radius 1 is 1.48 bits per heavy atom. The van der Waals surface area contributed by atoms with E-state index in [1.807, 2.05) is 0 Å². The van der Waals surface area contributed by atoms with Gasteiger partial charge in [0, 0.05) is 19.3 Å². The number of carboxylic acids is 1. The van der Waals surface area contributed by atoms with Crippen LogP contribution in [0.3, 0.4) is 0 Å². The van der Waals surface area contributed by atoms with E-state index in [2.05, 4.69) is 15.5 Å². The molecule has 0 saturated carbocycles. The molecule has 1 aliphatic heterocycles. The second kappa shape index (κ2) is 5.45. The molecular weight excluding hydrogens is 300 g/mol. The molecule has 1 saturated heterocycles. The first-order chi connectivity index (χ1) is 9.80. The average molecular weight is 316 g/mol. The molecule has 1 aromatic rings. The van der Waals surface area contributed by atoms with Gasteiger partial charge in [-0.1, -0.05) is 0 Å². The highest BCUT2D eigenvalue weighted by molar-refractivity contribution is 7.89. The third-order valence-corrected chi connectivity index (χ3v) is 5.27. The summed E-state index contributed by atoms with van der Waals surface area (Å²) >= 11 is 0. The van der Waals surface area contributed by atoms with E-state index in [1.165, 1.54) is 14.0 Å². The number of carbonyl (C=O) groups excluding carboxylic acids is 1. The van der Waals surface area contributed by atoms with Crippen molar-refractivity contribution in [1.82, 2.24) is 19.8 Å². The fourth-order valence-corrected chi connectivity index (χ4v) is 4.20. The molecule has 0 aromatic carbocycles. The summed E-state index contributed by atoms with van der Waals surface area (Å²) in [5.41, 5.74) is -0.241. The zero-order valence-electron chi connectivity index (χ0n) is 11.6. The number of aryl methyl sites for hydroxylation is 1. The van der Waals surface area contributed by atoms with Crippen molar-refractivity contribution in [2.24, 2.45) is 0 Å². The number of carboxylic acid groups (broad SMARTS) is 1. The van der Waals surface area contributed by atoms with Crippen LogP contribution in [0.5, 0.6) is 0 Å². The number of aromatic amines is 1. The lowest BCUT2D eigenvalue weighted by atomic mass is 10.2. The molecule has 2 heterocycles.